The van der Waals surface area contributed by atoms with Crippen molar-refractivity contribution in [2.45, 2.75) is 6.54 Å². The Kier molecular flexibility index (Phi) is 5.61. The molecule has 0 aliphatic carbocycles. The monoisotopic (exact) mass is 398 g/mol. The zero-order valence-corrected chi connectivity index (χ0v) is 16.9. The second-order valence-corrected chi connectivity index (χ2v) is 6.81. The van der Waals surface area contributed by atoms with Crippen molar-refractivity contribution < 1.29 is 9.47 Å². The molecule has 0 saturated carbocycles. The van der Waals surface area contributed by atoms with Gasteiger partial charge in [0.2, 0.25) is 0 Å². The minimum atomic E-state index is -0.0589. The number of rotatable bonds is 6. The van der Waals surface area contributed by atoms with Gasteiger partial charge in [-0.15, -0.1) is 0 Å². The molecule has 3 aromatic carbocycles. The zero-order chi connectivity index (χ0) is 20.9. The molecule has 0 radical (unpaired) electrons. The van der Waals surface area contributed by atoms with Gasteiger partial charge in [-0.1, -0.05) is 54.6 Å². The third-order valence-electron chi connectivity index (χ3n) is 4.91. The highest BCUT2D eigenvalue weighted by Gasteiger charge is 2.10. The largest absolute Gasteiger partial charge is 0.493 e. The van der Waals surface area contributed by atoms with Gasteiger partial charge in [-0.05, 0) is 41.5 Å². The summed E-state index contributed by atoms with van der Waals surface area (Å²) in [6.45, 7) is 0.448. The molecule has 30 heavy (non-hydrogen) atoms. The van der Waals surface area contributed by atoms with Crippen LogP contribution in [0.1, 0.15) is 17.0 Å². The molecule has 0 fully saturated rings. The van der Waals surface area contributed by atoms with E-state index < -0.39 is 0 Å². The number of fused-ring (bicyclic) bond motifs is 1. The van der Waals surface area contributed by atoms with Crippen molar-refractivity contribution >= 4 is 23.1 Å². The van der Waals surface area contributed by atoms with Gasteiger partial charge in [0, 0.05) is 0 Å². The van der Waals surface area contributed by atoms with Crippen LogP contribution in [0.4, 0.5) is 0 Å². The quantitative estimate of drug-likeness (QED) is 0.475. The van der Waals surface area contributed by atoms with E-state index in [2.05, 4.69) is 0 Å². The highest BCUT2D eigenvalue weighted by Crippen LogP contribution is 2.28. The summed E-state index contributed by atoms with van der Waals surface area (Å²) in [5.41, 5.74) is 2.58. The molecule has 1 heterocycles. The van der Waals surface area contributed by atoms with Crippen molar-refractivity contribution in [3.8, 4) is 11.5 Å². The van der Waals surface area contributed by atoms with Gasteiger partial charge in [-0.2, -0.15) is 0 Å². The minimum Gasteiger partial charge on any atom is -0.493 e. The lowest BCUT2D eigenvalue weighted by Crippen LogP contribution is -2.24. The lowest BCUT2D eigenvalue weighted by atomic mass is 10.1. The summed E-state index contributed by atoms with van der Waals surface area (Å²) in [6, 6.07) is 23.0. The summed E-state index contributed by atoms with van der Waals surface area (Å²) in [4.78, 5) is 17.9. The van der Waals surface area contributed by atoms with Crippen LogP contribution in [0.2, 0.25) is 0 Å². The summed E-state index contributed by atoms with van der Waals surface area (Å²) in [6.07, 6.45) is 3.78. The van der Waals surface area contributed by atoms with Crippen LogP contribution in [0.5, 0.6) is 11.5 Å². The number of hydrogen-bond donors (Lipinski definition) is 0. The van der Waals surface area contributed by atoms with E-state index in [1.54, 1.807) is 18.8 Å². The highest BCUT2D eigenvalue weighted by molar-refractivity contribution is 5.79. The van der Waals surface area contributed by atoms with E-state index in [4.69, 9.17) is 14.5 Å². The molecular weight excluding hydrogens is 376 g/mol. The first-order valence-corrected chi connectivity index (χ1v) is 9.63. The normalized spacial score (nSPS) is 11.1. The van der Waals surface area contributed by atoms with Crippen LogP contribution < -0.4 is 15.0 Å². The Morgan fingerprint density at radius 3 is 2.37 bits per heavy atom. The maximum absolute atomic E-state index is 13.2. The van der Waals surface area contributed by atoms with Gasteiger partial charge in [0.05, 0.1) is 31.7 Å². The van der Waals surface area contributed by atoms with Crippen LogP contribution in [-0.4, -0.2) is 23.8 Å². The van der Waals surface area contributed by atoms with E-state index >= 15 is 0 Å². The van der Waals surface area contributed by atoms with E-state index in [9.17, 15) is 4.79 Å². The third-order valence-corrected chi connectivity index (χ3v) is 4.91. The Hall–Kier alpha value is -3.86. The van der Waals surface area contributed by atoms with Gasteiger partial charge < -0.3 is 9.47 Å². The molecule has 1 aromatic heterocycles. The Bertz CT molecular complexity index is 1260. The number of nitrogens with zero attached hydrogens (tertiary/aromatic N) is 2. The average molecular weight is 398 g/mol. The van der Waals surface area contributed by atoms with E-state index in [0.29, 0.717) is 34.8 Å². The minimum absolute atomic E-state index is 0.0589. The molecule has 4 aromatic rings. The zero-order valence-electron chi connectivity index (χ0n) is 16.9. The number of methoxy groups -OCH3 is 2. The molecule has 150 valence electrons. The van der Waals surface area contributed by atoms with Crippen LogP contribution in [0, 0.1) is 0 Å². The topological polar surface area (TPSA) is 53.3 Å². The fourth-order valence-electron chi connectivity index (χ4n) is 3.36. The number of ether oxygens (including phenoxy) is 2. The molecule has 0 spiro atoms. The first-order chi connectivity index (χ1) is 14.7. The number of hydrogen-bond acceptors (Lipinski definition) is 4. The first kappa shape index (κ1) is 19.5. The highest BCUT2D eigenvalue weighted by atomic mass is 16.5. The Labute approximate surface area is 174 Å². The fraction of sp³-hybridized carbons (Fsp3) is 0.120. The molecule has 4 rings (SSSR count). The van der Waals surface area contributed by atoms with Crippen LogP contribution in [0.3, 0.4) is 0 Å². The van der Waals surface area contributed by atoms with Gasteiger partial charge in [0.25, 0.3) is 5.56 Å². The van der Waals surface area contributed by atoms with E-state index in [0.717, 1.165) is 11.1 Å². The summed E-state index contributed by atoms with van der Waals surface area (Å²) < 4.78 is 12.4. The maximum atomic E-state index is 13.2. The fourth-order valence-corrected chi connectivity index (χ4v) is 3.36. The molecule has 0 saturated heterocycles. The second kappa shape index (κ2) is 8.66. The second-order valence-electron chi connectivity index (χ2n) is 6.81. The Morgan fingerprint density at radius 1 is 0.867 bits per heavy atom. The smallest absolute Gasteiger partial charge is 0.261 e. The van der Waals surface area contributed by atoms with Crippen LogP contribution in [0.15, 0.2) is 77.6 Å². The van der Waals surface area contributed by atoms with Crippen LogP contribution in [-0.2, 0) is 6.54 Å². The molecule has 0 atom stereocenters. The standard InChI is InChI=1S/C25H22N2O3/c1-29-22-14-12-18(16-23(22)30-2)13-15-24-26-21-11-7-6-10-20(21)25(28)27(24)17-19-8-4-3-5-9-19/h3-16H,17H2,1-2H3/b15-13+. The van der Waals surface area contributed by atoms with Crippen molar-refractivity contribution in [1.82, 2.24) is 9.55 Å². The third kappa shape index (κ3) is 3.96. The van der Waals surface area contributed by atoms with Crippen LogP contribution in [0.25, 0.3) is 23.1 Å². The molecule has 5 nitrogen and oxygen atoms in total. The molecule has 0 bridgehead atoms. The van der Waals surface area contributed by atoms with Crippen molar-refractivity contribution in [2.75, 3.05) is 14.2 Å². The Morgan fingerprint density at radius 2 is 1.60 bits per heavy atom. The molecule has 0 amide bonds. The maximum Gasteiger partial charge on any atom is 0.261 e. The van der Waals surface area contributed by atoms with E-state index in [-0.39, 0.29) is 5.56 Å². The van der Waals surface area contributed by atoms with Gasteiger partial charge in [0.1, 0.15) is 5.82 Å². The predicted octanol–water partition coefficient (Wildman–Crippen LogP) is 4.63. The molecule has 0 aliphatic heterocycles. The summed E-state index contributed by atoms with van der Waals surface area (Å²) in [5.74, 6) is 1.91. The number of para-hydroxylation sites is 1. The molecular formula is C25H22N2O3. The molecule has 0 N–H and O–H groups in total. The SMILES string of the molecule is COc1ccc(/C=C/c2nc3ccccc3c(=O)n2Cc2ccccc2)cc1OC. The van der Waals surface area contributed by atoms with Crippen molar-refractivity contribution in [3.05, 3.63) is 100 Å². The molecule has 0 aliphatic rings. The average Bonchev–Trinajstić information content (AvgIpc) is 2.80. The van der Waals surface area contributed by atoms with Crippen molar-refractivity contribution in [1.29, 1.82) is 0 Å². The summed E-state index contributed by atoms with van der Waals surface area (Å²) in [7, 11) is 3.21. The lowest BCUT2D eigenvalue weighted by Gasteiger charge is -2.12. The van der Waals surface area contributed by atoms with Gasteiger partial charge in [-0.25, -0.2) is 4.98 Å². The van der Waals surface area contributed by atoms with Gasteiger partial charge >= 0.3 is 0 Å². The summed E-state index contributed by atoms with van der Waals surface area (Å²) >= 11 is 0. The lowest BCUT2D eigenvalue weighted by molar-refractivity contribution is 0.355. The first-order valence-electron chi connectivity index (χ1n) is 9.63. The summed E-state index contributed by atoms with van der Waals surface area (Å²) in [5, 5.41) is 0.608. The number of aromatic nitrogens is 2. The van der Waals surface area contributed by atoms with E-state index in [1.165, 1.54) is 0 Å². The molecule has 5 heteroatoms. The predicted molar refractivity (Wildman–Crippen MR) is 120 cm³/mol. The van der Waals surface area contributed by atoms with Gasteiger partial charge in [-0.3, -0.25) is 9.36 Å². The molecule has 0 unspecified atom stereocenters. The van der Waals surface area contributed by atoms with Crippen LogP contribution >= 0.6 is 0 Å². The van der Waals surface area contributed by atoms with E-state index in [1.807, 2.05) is 84.9 Å². The van der Waals surface area contributed by atoms with Crippen molar-refractivity contribution in [2.24, 2.45) is 0 Å². The number of benzene rings is 3. The van der Waals surface area contributed by atoms with Crippen molar-refractivity contribution in [3.63, 3.8) is 0 Å². The Balaban J connectivity index is 1.80. The van der Waals surface area contributed by atoms with Gasteiger partial charge in [0.15, 0.2) is 11.5 Å².